The molecule has 1 aliphatic rings. The number of nitrogens with one attached hydrogen (secondary N) is 1. The molecular weight excluding hydrogens is 273 g/mol. The Morgan fingerprint density at radius 3 is 2.50 bits per heavy atom. The van der Waals surface area contributed by atoms with Crippen LogP contribution < -0.4 is 5.32 Å². The van der Waals surface area contributed by atoms with Gasteiger partial charge >= 0.3 is 0 Å². The molecular formula is C17H25ClFN. The Balaban J connectivity index is 1.82. The lowest BCUT2D eigenvalue weighted by Crippen LogP contribution is -2.28. The van der Waals surface area contributed by atoms with Crippen LogP contribution in [-0.2, 0) is 0 Å². The molecule has 1 aromatic carbocycles. The summed E-state index contributed by atoms with van der Waals surface area (Å²) in [6.45, 7) is 5.42. The highest BCUT2D eigenvalue weighted by molar-refractivity contribution is 6.31. The van der Waals surface area contributed by atoms with Gasteiger partial charge in [-0.3, -0.25) is 0 Å². The predicted molar refractivity (Wildman–Crippen MR) is 83.6 cm³/mol. The Bertz CT molecular complexity index is 427. The van der Waals surface area contributed by atoms with Crippen molar-refractivity contribution in [3.05, 3.63) is 34.6 Å². The van der Waals surface area contributed by atoms with Gasteiger partial charge in [-0.1, -0.05) is 43.9 Å². The fourth-order valence-corrected chi connectivity index (χ4v) is 3.48. The lowest BCUT2D eigenvalue weighted by atomic mass is 9.81. The van der Waals surface area contributed by atoms with Crippen molar-refractivity contribution in [2.75, 3.05) is 6.54 Å². The van der Waals surface area contributed by atoms with Gasteiger partial charge in [0.25, 0.3) is 0 Å². The van der Waals surface area contributed by atoms with E-state index in [-0.39, 0.29) is 11.9 Å². The van der Waals surface area contributed by atoms with Crippen LogP contribution in [0.4, 0.5) is 4.39 Å². The SMILES string of the molecule is CCC1CCC(CNC(C)c2ccc(F)cc2Cl)CC1. The molecule has 0 spiro atoms. The number of benzene rings is 1. The minimum Gasteiger partial charge on any atom is -0.310 e. The first kappa shape index (κ1) is 15.8. The highest BCUT2D eigenvalue weighted by atomic mass is 35.5. The third kappa shape index (κ3) is 4.20. The van der Waals surface area contributed by atoms with E-state index in [4.69, 9.17) is 11.6 Å². The molecule has 1 saturated carbocycles. The maximum atomic E-state index is 13.1. The summed E-state index contributed by atoms with van der Waals surface area (Å²) in [5.74, 6) is 1.44. The summed E-state index contributed by atoms with van der Waals surface area (Å²) in [5.41, 5.74) is 0.982. The van der Waals surface area contributed by atoms with Crippen LogP contribution in [0.25, 0.3) is 0 Å². The summed E-state index contributed by atoms with van der Waals surface area (Å²) in [5, 5.41) is 4.07. The van der Waals surface area contributed by atoms with E-state index in [1.165, 1.54) is 44.2 Å². The van der Waals surface area contributed by atoms with Crippen molar-refractivity contribution < 1.29 is 4.39 Å². The minimum absolute atomic E-state index is 0.173. The normalized spacial score (nSPS) is 24.6. The van der Waals surface area contributed by atoms with E-state index in [0.717, 1.165) is 23.9 Å². The maximum absolute atomic E-state index is 13.1. The molecule has 0 radical (unpaired) electrons. The van der Waals surface area contributed by atoms with Gasteiger partial charge in [0.15, 0.2) is 0 Å². The molecule has 1 aromatic rings. The summed E-state index contributed by atoms with van der Waals surface area (Å²) in [6, 6.07) is 4.82. The smallest absolute Gasteiger partial charge is 0.124 e. The standard InChI is InChI=1S/C17H25ClFN/c1-3-13-4-6-14(7-5-13)11-20-12(2)16-9-8-15(19)10-17(16)18/h8-10,12-14,20H,3-7,11H2,1-2H3. The molecule has 0 aliphatic heterocycles. The zero-order valence-electron chi connectivity index (χ0n) is 12.5. The van der Waals surface area contributed by atoms with Crippen molar-refractivity contribution in [3.8, 4) is 0 Å². The van der Waals surface area contributed by atoms with Crippen LogP contribution in [0.5, 0.6) is 0 Å². The molecule has 0 heterocycles. The van der Waals surface area contributed by atoms with E-state index in [1.54, 1.807) is 6.07 Å². The van der Waals surface area contributed by atoms with Gasteiger partial charge in [-0.25, -0.2) is 4.39 Å². The lowest BCUT2D eigenvalue weighted by Gasteiger charge is -2.29. The number of hydrogen-bond donors (Lipinski definition) is 1. The second kappa shape index (κ2) is 7.42. The van der Waals surface area contributed by atoms with E-state index < -0.39 is 0 Å². The summed E-state index contributed by atoms with van der Waals surface area (Å²) in [4.78, 5) is 0. The topological polar surface area (TPSA) is 12.0 Å². The molecule has 0 bridgehead atoms. The molecule has 20 heavy (non-hydrogen) atoms. The molecule has 3 heteroatoms. The Morgan fingerprint density at radius 1 is 1.25 bits per heavy atom. The van der Waals surface area contributed by atoms with Crippen LogP contribution in [0.3, 0.4) is 0 Å². The zero-order valence-corrected chi connectivity index (χ0v) is 13.2. The molecule has 1 fully saturated rings. The van der Waals surface area contributed by atoms with E-state index in [2.05, 4.69) is 19.2 Å². The summed E-state index contributed by atoms with van der Waals surface area (Å²) >= 11 is 6.10. The molecule has 112 valence electrons. The molecule has 0 aromatic heterocycles. The molecule has 2 rings (SSSR count). The summed E-state index contributed by atoms with van der Waals surface area (Å²) in [7, 11) is 0. The molecule has 1 nitrogen and oxygen atoms in total. The average Bonchev–Trinajstić information content (AvgIpc) is 2.45. The number of rotatable bonds is 5. The van der Waals surface area contributed by atoms with Gasteiger partial charge in [0.05, 0.1) is 0 Å². The predicted octanol–water partition coefficient (Wildman–Crippen LogP) is 5.35. The Labute approximate surface area is 126 Å². The first-order valence-electron chi connectivity index (χ1n) is 7.78. The van der Waals surface area contributed by atoms with Gasteiger partial charge in [-0.2, -0.15) is 0 Å². The molecule has 0 amide bonds. The van der Waals surface area contributed by atoms with Crippen molar-refractivity contribution >= 4 is 11.6 Å². The highest BCUT2D eigenvalue weighted by Crippen LogP contribution is 2.31. The monoisotopic (exact) mass is 297 g/mol. The van der Waals surface area contributed by atoms with Crippen molar-refractivity contribution in [1.82, 2.24) is 5.32 Å². The second-order valence-corrected chi connectivity index (χ2v) is 6.50. The highest BCUT2D eigenvalue weighted by Gasteiger charge is 2.20. The van der Waals surface area contributed by atoms with Crippen molar-refractivity contribution in [2.45, 2.75) is 52.0 Å². The molecule has 1 N–H and O–H groups in total. The molecule has 1 unspecified atom stereocenters. The first-order chi connectivity index (χ1) is 9.60. The lowest BCUT2D eigenvalue weighted by molar-refractivity contribution is 0.258. The number of hydrogen-bond acceptors (Lipinski definition) is 1. The second-order valence-electron chi connectivity index (χ2n) is 6.09. The van der Waals surface area contributed by atoms with Gasteiger partial charge in [0.2, 0.25) is 0 Å². The fourth-order valence-electron chi connectivity index (χ4n) is 3.15. The van der Waals surface area contributed by atoms with Crippen LogP contribution in [-0.4, -0.2) is 6.54 Å². The van der Waals surface area contributed by atoms with Crippen molar-refractivity contribution in [3.63, 3.8) is 0 Å². The van der Waals surface area contributed by atoms with Crippen LogP contribution in [0.2, 0.25) is 5.02 Å². The van der Waals surface area contributed by atoms with Gasteiger partial charge in [-0.15, -0.1) is 0 Å². The van der Waals surface area contributed by atoms with Gasteiger partial charge < -0.3 is 5.32 Å². The first-order valence-corrected chi connectivity index (χ1v) is 8.16. The van der Waals surface area contributed by atoms with Gasteiger partial charge in [-0.05, 0) is 55.8 Å². The van der Waals surface area contributed by atoms with E-state index in [0.29, 0.717) is 5.02 Å². The Hall–Kier alpha value is -0.600. The van der Waals surface area contributed by atoms with Crippen LogP contribution in [0.1, 0.15) is 57.6 Å². The molecule has 0 saturated heterocycles. The van der Waals surface area contributed by atoms with Crippen LogP contribution >= 0.6 is 11.6 Å². The maximum Gasteiger partial charge on any atom is 0.124 e. The third-order valence-electron chi connectivity index (χ3n) is 4.69. The number of halogens is 2. The van der Waals surface area contributed by atoms with Gasteiger partial charge in [0.1, 0.15) is 5.82 Å². The largest absolute Gasteiger partial charge is 0.310 e. The Morgan fingerprint density at radius 2 is 1.90 bits per heavy atom. The summed E-state index contributed by atoms with van der Waals surface area (Å²) < 4.78 is 13.1. The fraction of sp³-hybridized carbons (Fsp3) is 0.647. The van der Waals surface area contributed by atoms with E-state index >= 15 is 0 Å². The minimum atomic E-state index is -0.274. The van der Waals surface area contributed by atoms with E-state index in [1.807, 2.05) is 0 Å². The average molecular weight is 298 g/mol. The quantitative estimate of drug-likeness (QED) is 0.773. The van der Waals surface area contributed by atoms with Crippen LogP contribution in [0.15, 0.2) is 18.2 Å². The van der Waals surface area contributed by atoms with Crippen molar-refractivity contribution in [2.24, 2.45) is 11.8 Å². The van der Waals surface area contributed by atoms with E-state index in [9.17, 15) is 4.39 Å². The molecule has 1 atom stereocenters. The third-order valence-corrected chi connectivity index (χ3v) is 5.01. The zero-order chi connectivity index (χ0) is 14.5. The summed E-state index contributed by atoms with van der Waals surface area (Å²) in [6.07, 6.45) is 6.72. The Kier molecular flexibility index (Phi) is 5.86. The van der Waals surface area contributed by atoms with Crippen molar-refractivity contribution in [1.29, 1.82) is 0 Å². The molecule has 1 aliphatic carbocycles. The van der Waals surface area contributed by atoms with Gasteiger partial charge in [0, 0.05) is 11.1 Å². The van der Waals surface area contributed by atoms with Crippen LogP contribution in [0, 0.1) is 17.7 Å².